The molecule has 1 aliphatic rings. The molecule has 0 saturated carbocycles. The second-order valence-corrected chi connectivity index (χ2v) is 8.05. The zero-order valence-electron chi connectivity index (χ0n) is 17.5. The Labute approximate surface area is 186 Å². The molecular weight excluding hydrogens is 421 g/mol. The van der Waals surface area contributed by atoms with E-state index in [-0.39, 0.29) is 17.1 Å². The fourth-order valence-electron chi connectivity index (χ4n) is 3.71. The van der Waals surface area contributed by atoms with E-state index in [0.717, 1.165) is 17.7 Å². The summed E-state index contributed by atoms with van der Waals surface area (Å²) < 4.78 is 14.1. The summed E-state index contributed by atoms with van der Waals surface area (Å²) in [5.74, 6) is -1.48. The predicted octanol–water partition coefficient (Wildman–Crippen LogP) is 4.08. The van der Waals surface area contributed by atoms with Crippen molar-refractivity contribution < 1.29 is 18.8 Å². The number of hydrogen-bond donors (Lipinski definition) is 1. The number of halogens is 2. The molecule has 1 fully saturated rings. The van der Waals surface area contributed by atoms with Crippen molar-refractivity contribution in [3.8, 4) is 0 Å². The largest absolute Gasteiger partial charge is 0.340 e. The van der Waals surface area contributed by atoms with Gasteiger partial charge in [-0.3, -0.25) is 14.5 Å². The van der Waals surface area contributed by atoms with Gasteiger partial charge < -0.3 is 10.2 Å². The number of carbonyl (C=O) groups excluding carboxylic acids is 3. The quantitative estimate of drug-likeness (QED) is 0.622. The molecule has 0 bridgehead atoms. The molecule has 1 atom stereocenters. The van der Waals surface area contributed by atoms with E-state index in [1.807, 2.05) is 25.1 Å². The summed E-state index contributed by atoms with van der Waals surface area (Å²) >= 11 is 6.04. The number of hydrogen-bond acceptors (Lipinski definition) is 3. The van der Waals surface area contributed by atoms with Crippen LogP contribution in [0.3, 0.4) is 0 Å². The molecule has 1 saturated heterocycles. The Kier molecular flexibility index (Phi) is 6.95. The van der Waals surface area contributed by atoms with Gasteiger partial charge in [0.05, 0.1) is 0 Å². The first-order valence-corrected chi connectivity index (χ1v) is 10.5. The molecule has 31 heavy (non-hydrogen) atoms. The minimum atomic E-state index is -1.19. The highest BCUT2D eigenvalue weighted by atomic mass is 35.5. The van der Waals surface area contributed by atoms with Gasteiger partial charge in [-0.05, 0) is 24.1 Å². The third kappa shape index (κ3) is 4.56. The van der Waals surface area contributed by atoms with Crippen LogP contribution in [0.15, 0.2) is 48.5 Å². The van der Waals surface area contributed by atoms with Crippen molar-refractivity contribution in [2.75, 3.05) is 13.6 Å². The number of nitrogens with one attached hydrogen (secondary N) is 1. The Balaban J connectivity index is 1.79. The van der Waals surface area contributed by atoms with Crippen LogP contribution in [0.25, 0.3) is 0 Å². The van der Waals surface area contributed by atoms with Crippen LogP contribution in [-0.4, -0.2) is 41.2 Å². The van der Waals surface area contributed by atoms with Crippen LogP contribution in [0, 0.1) is 5.82 Å². The first-order chi connectivity index (χ1) is 14.8. The Morgan fingerprint density at radius 3 is 2.52 bits per heavy atom. The Bertz CT molecular complexity index is 965. The maximum Gasteiger partial charge on any atom is 0.325 e. The van der Waals surface area contributed by atoms with E-state index in [9.17, 15) is 18.8 Å². The van der Waals surface area contributed by atoms with Crippen molar-refractivity contribution in [1.82, 2.24) is 15.1 Å². The van der Waals surface area contributed by atoms with E-state index in [0.29, 0.717) is 12.0 Å². The number of benzene rings is 2. The van der Waals surface area contributed by atoms with Crippen molar-refractivity contribution in [1.29, 1.82) is 0 Å². The number of urea groups is 1. The molecule has 2 aromatic carbocycles. The smallest absolute Gasteiger partial charge is 0.325 e. The molecule has 0 aliphatic carbocycles. The zero-order chi connectivity index (χ0) is 22.6. The van der Waals surface area contributed by atoms with Crippen molar-refractivity contribution >= 4 is 29.4 Å². The molecule has 0 spiro atoms. The fourth-order valence-corrected chi connectivity index (χ4v) is 3.93. The average Bonchev–Trinajstić information content (AvgIpc) is 3.00. The highest BCUT2D eigenvalue weighted by molar-refractivity contribution is 6.31. The van der Waals surface area contributed by atoms with E-state index in [4.69, 9.17) is 11.6 Å². The Morgan fingerprint density at radius 1 is 1.16 bits per heavy atom. The van der Waals surface area contributed by atoms with Crippen LogP contribution in [0.1, 0.15) is 37.3 Å². The molecule has 1 N–H and O–H groups in total. The molecule has 1 aliphatic heterocycles. The van der Waals surface area contributed by atoms with Gasteiger partial charge in [0.1, 0.15) is 17.9 Å². The lowest BCUT2D eigenvalue weighted by atomic mass is 9.85. The lowest BCUT2D eigenvalue weighted by molar-refractivity contribution is -0.139. The SMILES string of the molecule is CCCC[C@@]1(c2ccccc2)NC(=O)N(CC(=O)N(C)Cc2c(F)cccc2Cl)C1=O. The van der Waals surface area contributed by atoms with E-state index < -0.39 is 35.7 Å². The topological polar surface area (TPSA) is 69.7 Å². The number of unbranched alkanes of at least 4 members (excludes halogenated alkanes) is 1. The third-order valence-electron chi connectivity index (χ3n) is 5.52. The second kappa shape index (κ2) is 9.47. The summed E-state index contributed by atoms with van der Waals surface area (Å²) in [5.41, 5.74) is -0.329. The van der Waals surface area contributed by atoms with Crippen LogP contribution in [0.5, 0.6) is 0 Å². The van der Waals surface area contributed by atoms with Crippen molar-refractivity contribution in [2.45, 2.75) is 38.3 Å². The minimum Gasteiger partial charge on any atom is -0.340 e. The molecule has 2 aromatic rings. The summed E-state index contributed by atoms with van der Waals surface area (Å²) in [6.07, 6.45) is 2.01. The lowest BCUT2D eigenvalue weighted by Crippen LogP contribution is -2.45. The van der Waals surface area contributed by atoms with Gasteiger partial charge in [-0.2, -0.15) is 0 Å². The Hall–Kier alpha value is -2.93. The van der Waals surface area contributed by atoms with Gasteiger partial charge in [0.25, 0.3) is 5.91 Å². The van der Waals surface area contributed by atoms with E-state index in [2.05, 4.69) is 5.32 Å². The molecule has 0 unspecified atom stereocenters. The number of nitrogens with zero attached hydrogens (tertiary/aromatic N) is 2. The maximum absolute atomic E-state index is 14.1. The van der Waals surface area contributed by atoms with E-state index in [1.54, 1.807) is 12.1 Å². The van der Waals surface area contributed by atoms with Gasteiger partial charge in [0, 0.05) is 24.2 Å². The van der Waals surface area contributed by atoms with Gasteiger partial charge in [-0.15, -0.1) is 0 Å². The maximum atomic E-state index is 14.1. The normalized spacial score (nSPS) is 18.3. The molecular formula is C23H25ClFN3O3. The standard InChI is InChI=1S/C23H25ClFN3O3/c1-3-4-13-23(16-9-6-5-7-10-16)21(30)28(22(31)26-23)15-20(29)27(2)14-17-18(24)11-8-12-19(17)25/h5-12H,3-4,13-15H2,1-2H3,(H,26,31)/t23-/m0/s1. The lowest BCUT2D eigenvalue weighted by Gasteiger charge is -2.27. The summed E-state index contributed by atoms with van der Waals surface area (Å²) in [5, 5.41) is 3.02. The van der Waals surface area contributed by atoms with Crippen molar-refractivity contribution in [3.63, 3.8) is 0 Å². The molecule has 6 nitrogen and oxygen atoms in total. The molecule has 0 aromatic heterocycles. The van der Waals surface area contributed by atoms with Gasteiger partial charge in [-0.1, -0.05) is 67.8 Å². The number of rotatable bonds is 8. The van der Waals surface area contributed by atoms with E-state index >= 15 is 0 Å². The molecule has 3 rings (SSSR count). The van der Waals surface area contributed by atoms with Crippen molar-refractivity contribution in [3.05, 3.63) is 70.5 Å². The highest BCUT2D eigenvalue weighted by Gasteiger charge is 2.52. The van der Waals surface area contributed by atoms with Crippen molar-refractivity contribution in [2.24, 2.45) is 0 Å². The number of amides is 4. The second-order valence-electron chi connectivity index (χ2n) is 7.65. The van der Waals surface area contributed by atoms with Gasteiger partial charge in [-0.25, -0.2) is 9.18 Å². The van der Waals surface area contributed by atoms with Crippen LogP contribution >= 0.6 is 11.6 Å². The molecule has 164 valence electrons. The summed E-state index contributed by atoms with van der Waals surface area (Å²) in [6, 6.07) is 12.7. The van der Waals surface area contributed by atoms with Crippen LogP contribution < -0.4 is 5.32 Å². The van der Waals surface area contributed by atoms with E-state index in [1.165, 1.54) is 30.1 Å². The minimum absolute atomic E-state index is 0.0757. The average molecular weight is 446 g/mol. The number of imide groups is 1. The highest BCUT2D eigenvalue weighted by Crippen LogP contribution is 2.34. The van der Waals surface area contributed by atoms with Crippen LogP contribution in [0.4, 0.5) is 9.18 Å². The first-order valence-electron chi connectivity index (χ1n) is 10.2. The summed E-state index contributed by atoms with van der Waals surface area (Å²) in [6.45, 7) is 1.49. The van der Waals surface area contributed by atoms with Gasteiger partial charge >= 0.3 is 6.03 Å². The molecule has 1 heterocycles. The third-order valence-corrected chi connectivity index (χ3v) is 5.88. The fraction of sp³-hybridized carbons (Fsp3) is 0.348. The Morgan fingerprint density at radius 2 is 1.87 bits per heavy atom. The molecule has 0 radical (unpaired) electrons. The molecule has 8 heteroatoms. The first kappa shape index (κ1) is 22.7. The molecule has 4 amide bonds. The monoisotopic (exact) mass is 445 g/mol. The predicted molar refractivity (Wildman–Crippen MR) is 116 cm³/mol. The van der Waals surface area contributed by atoms with Gasteiger partial charge in [0.15, 0.2) is 0 Å². The number of carbonyl (C=O) groups is 3. The summed E-state index contributed by atoms with van der Waals surface area (Å²) in [4.78, 5) is 41.0. The number of likely N-dealkylation sites (N-methyl/N-ethyl adjacent to an activating group) is 1. The zero-order valence-corrected chi connectivity index (χ0v) is 18.3. The van der Waals surface area contributed by atoms with Crippen LogP contribution in [0.2, 0.25) is 5.02 Å². The van der Waals surface area contributed by atoms with Crippen LogP contribution in [-0.2, 0) is 21.7 Å². The summed E-state index contributed by atoms with van der Waals surface area (Å²) in [7, 11) is 1.48. The van der Waals surface area contributed by atoms with Gasteiger partial charge in [0.2, 0.25) is 5.91 Å².